The molecule has 1 aliphatic heterocycles. The van der Waals surface area contributed by atoms with Crippen LogP contribution in [0.15, 0.2) is 0 Å². The Bertz CT molecular complexity index is 132. The van der Waals surface area contributed by atoms with Crippen molar-refractivity contribution >= 4 is 0 Å². The topological polar surface area (TPSA) is 12.0 Å². The van der Waals surface area contributed by atoms with Crippen molar-refractivity contribution in [3.05, 3.63) is 0 Å². The summed E-state index contributed by atoms with van der Waals surface area (Å²) in [6, 6.07) is 0. The lowest BCUT2D eigenvalue weighted by Crippen LogP contribution is -2.59. The van der Waals surface area contributed by atoms with E-state index in [0.717, 1.165) is 5.92 Å². The Morgan fingerprint density at radius 3 is 2.27 bits per heavy atom. The molecule has 1 saturated heterocycles. The summed E-state index contributed by atoms with van der Waals surface area (Å²) in [4.78, 5) is 0. The normalized spacial score (nSPS) is 40.1. The average molecular weight is 153 g/mol. The minimum Gasteiger partial charge on any atom is -0.311 e. The highest BCUT2D eigenvalue weighted by atomic mass is 15.0. The minimum atomic E-state index is 0.542. The van der Waals surface area contributed by atoms with Crippen molar-refractivity contribution in [1.29, 1.82) is 0 Å². The van der Waals surface area contributed by atoms with E-state index in [9.17, 15) is 0 Å². The quantitative estimate of drug-likeness (QED) is 0.609. The van der Waals surface area contributed by atoms with Gasteiger partial charge in [0.25, 0.3) is 0 Å². The summed E-state index contributed by atoms with van der Waals surface area (Å²) in [5, 5.41) is 3.59. The van der Waals surface area contributed by atoms with Crippen molar-refractivity contribution in [3.63, 3.8) is 0 Å². The fraction of sp³-hybridized carbons (Fsp3) is 1.00. The SMILES string of the molecule is C[C@]1(C2CCCCC2)CCN1. The third kappa shape index (κ3) is 1.31. The van der Waals surface area contributed by atoms with Gasteiger partial charge in [-0.3, -0.25) is 0 Å². The van der Waals surface area contributed by atoms with E-state index in [1.165, 1.54) is 45.1 Å². The van der Waals surface area contributed by atoms with Gasteiger partial charge in [-0.2, -0.15) is 0 Å². The lowest BCUT2D eigenvalue weighted by Gasteiger charge is -2.48. The first kappa shape index (κ1) is 7.60. The third-order valence-corrected chi connectivity index (χ3v) is 3.68. The molecule has 11 heavy (non-hydrogen) atoms. The molecule has 1 N–H and O–H groups in total. The molecule has 1 saturated carbocycles. The Morgan fingerprint density at radius 1 is 1.18 bits per heavy atom. The van der Waals surface area contributed by atoms with Gasteiger partial charge in [0.1, 0.15) is 0 Å². The molecule has 2 aliphatic rings. The molecule has 0 bridgehead atoms. The van der Waals surface area contributed by atoms with Crippen LogP contribution in [0.2, 0.25) is 0 Å². The van der Waals surface area contributed by atoms with Gasteiger partial charge in [-0.1, -0.05) is 19.3 Å². The molecule has 1 nitrogen and oxygen atoms in total. The summed E-state index contributed by atoms with van der Waals surface area (Å²) in [6.45, 7) is 3.67. The second-order valence-electron chi connectivity index (χ2n) is 4.43. The van der Waals surface area contributed by atoms with Gasteiger partial charge in [0.05, 0.1) is 0 Å². The number of nitrogens with one attached hydrogen (secondary N) is 1. The second-order valence-corrected chi connectivity index (χ2v) is 4.43. The largest absolute Gasteiger partial charge is 0.311 e. The van der Waals surface area contributed by atoms with Crippen molar-refractivity contribution in [2.45, 2.75) is 51.0 Å². The number of hydrogen-bond acceptors (Lipinski definition) is 1. The van der Waals surface area contributed by atoms with Gasteiger partial charge < -0.3 is 5.32 Å². The predicted molar refractivity (Wildman–Crippen MR) is 47.6 cm³/mol. The standard InChI is InChI=1S/C10H19N/c1-10(7-8-11-10)9-5-3-2-4-6-9/h9,11H,2-8H2,1H3/t10-/m1/s1. The first-order valence-electron chi connectivity index (χ1n) is 5.06. The maximum Gasteiger partial charge on any atom is 0.0193 e. The molecule has 0 spiro atoms. The van der Waals surface area contributed by atoms with E-state index in [1.54, 1.807) is 0 Å². The minimum absolute atomic E-state index is 0.542. The molecule has 1 heteroatoms. The molecule has 0 radical (unpaired) electrons. The lowest BCUT2D eigenvalue weighted by atomic mass is 9.71. The van der Waals surface area contributed by atoms with Crippen molar-refractivity contribution in [2.24, 2.45) is 5.92 Å². The van der Waals surface area contributed by atoms with Crippen molar-refractivity contribution in [3.8, 4) is 0 Å². The molecule has 0 aromatic carbocycles. The number of hydrogen-bond donors (Lipinski definition) is 1. The summed E-state index contributed by atoms with van der Waals surface area (Å²) in [5.74, 6) is 0.991. The first-order chi connectivity index (χ1) is 5.31. The highest BCUT2D eigenvalue weighted by molar-refractivity contribution is 4.98. The van der Waals surface area contributed by atoms with Gasteiger partial charge >= 0.3 is 0 Å². The maximum absolute atomic E-state index is 3.59. The summed E-state index contributed by atoms with van der Waals surface area (Å²) in [6.07, 6.45) is 8.79. The Balaban J connectivity index is 1.91. The molecule has 0 aromatic heterocycles. The molecule has 1 aliphatic carbocycles. The molecular weight excluding hydrogens is 134 g/mol. The summed E-state index contributed by atoms with van der Waals surface area (Å²) in [5.41, 5.74) is 0.542. The van der Waals surface area contributed by atoms with Gasteiger partial charge in [0.15, 0.2) is 0 Å². The highest BCUT2D eigenvalue weighted by Crippen LogP contribution is 2.37. The molecule has 2 rings (SSSR count). The fourth-order valence-corrected chi connectivity index (χ4v) is 2.61. The van der Waals surface area contributed by atoms with E-state index in [1.807, 2.05) is 0 Å². The van der Waals surface area contributed by atoms with E-state index in [2.05, 4.69) is 12.2 Å². The van der Waals surface area contributed by atoms with Crippen LogP contribution in [0.25, 0.3) is 0 Å². The third-order valence-electron chi connectivity index (χ3n) is 3.68. The van der Waals surface area contributed by atoms with E-state index in [4.69, 9.17) is 0 Å². The molecule has 64 valence electrons. The molecule has 1 heterocycles. The number of rotatable bonds is 1. The van der Waals surface area contributed by atoms with Gasteiger partial charge in [-0.15, -0.1) is 0 Å². The van der Waals surface area contributed by atoms with Crippen LogP contribution in [-0.2, 0) is 0 Å². The fourth-order valence-electron chi connectivity index (χ4n) is 2.61. The van der Waals surface area contributed by atoms with Crippen LogP contribution in [0.4, 0.5) is 0 Å². The van der Waals surface area contributed by atoms with Crippen molar-refractivity contribution in [2.75, 3.05) is 6.54 Å². The van der Waals surface area contributed by atoms with E-state index < -0.39 is 0 Å². The van der Waals surface area contributed by atoms with Crippen LogP contribution >= 0.6 is 0 Å². The van der Waals surface area contributed by atoms with Gasteiger partial charge in [-0.05, 0) is 38.6 Å². The Hall–Kier alpha value is -0.0400. The maximum atomic E-state index is 3.59. The smallest absolute Gasteiger partial charge is 0.0193 e. The van der Waals surface area contributed by atoms with Crippen LogP contribution in [0, 0.1) is 5.92 Å². The van der Waals surface area contributed by atoms with Gasteiger partial charge in [-0.25, -0.2) is 0 Å². The summed E-state index contributed by atoms with van der Waals surface area (Å²) in [7, 11) is 0. The van der Waals surface area contributed by atoms with E-state index in [-0.39, 0.29) is 0 Å². The van der Waals surface area contributed by atoms with E-state index in [0.29, 0.717) is 5.54 Å². The molecule has 0 amide bonds. The summed E-state index contributed by atoms with van der Waals surface area (Å²) >= 11 is 0. The van der Waals surface area contributed by atoms with Crippen LogP contribution in [-0.4, -0.2) is 12.1 Å². The monoisotopic (exact) mass is 153 g/mol. The van der Waals surface area contributed by atoms with Crippen molar-refractivity contribution in [1.82, 2.24) is 5.32 Å². The van der Waals surface area contributed by atoms with Gasteiger partial charge in [0.2, 0.25) is 0 Å². The van der Waals surface area contributed by atoms with Gasteiger partial charge in [0, 0.05) is 5.54 Å². The van der Waals surface area contributed by atoms with Crippen LogP contribution < -0.4 is 5.32 Å². The predicted octanol–water partition coefficient (Wildman–Crippen LogP) is 2.32. The zero-order valence-corrected chi connectivity index (χ0v) is 7.53. The van der Waals surface area contributed by atoms with Crippen molar-refractivity contribution < 1.29 is 0 Å². The Kier molecular flexibility index (Phi) is 1.92. The average Bonchev–Trinajstić information content (AvgIpc) is 2.02. The molecule has 2 fully saturated rings. The zero-order chi connectivity index (χ0) is 7.73. The lowest BCUT2D eigenvalue weighted by molar-refractivity contribution is 0.108. The van der Waals surface area contributed by atoms with Crippen LogP contribution in [0.5, 0.6) is 0 Å². The highest BCUT2D eigenvalue weighted by Gasteiger charge is 2.39. The second kappa shape index (κ2) is 2.78. The van der Waals surface area contributed by atoms with E-state index >= 15 is 0 Å². The zero-order valence-electron chi connectivity index (χ0n) is 7.53. The first-order valence-corrected chi connectivity index (χ1v) is 5.06. The van der Waals surface area contributed by atoms with Crippen LogP contribution in [0.1, 0.15) is 45.4 Å². The Morgan fingerprint density at radius 2 is 1.82 bits per heavy atom. The molecular formula is C10H19N. The molecule has 0 aromatic rings. The Labute approximate surface area is 69.6 Å². The molecule has 1 atom stereocenters. The molecule has 0 unspecified atom stereocenters. The van der Waals surface area contributed by atoms with Crippen LogP contribution in [0.3, 0.4) is 0 Å². The summed E-state index contributed by atoms with van der Waals surface area (Å²) < 4.78 is 0.